The molecule has 174 valence electrons. The predicted molar refractivity (Wildman–Crippen MR) is 115 cm³/mol. The lowest BCUT2D eigenvalue weighted by atomic mass is 10.0. The molecular formula is C20H14Cl2F3N3O4S. The van der Waals surface area contributed by atoms with Gasteiger partial charge in [-0.15, -0.1) is 0 Å². The number of carbonyl (C=O) groups excluding carboxylic acids is 1. The van der Waals surface area contributed by atoms with Crippen molar-refractivity contribution in [2.24, 2.45) is 0 Å². The van der Waals surface area contributed by atoms with Crippen LogP contribution in [0.15, 0.2) is 47.6 Å². The molecule has 0 aliphatic rings. The van der Waals surface area contributed by atoms with E-state index in [4.69, 9.17) is 23.2 Å². The number of hydrogen-bond acceptors (Lipinski definition) is 5. The molecule has 0 fully saturated rings. The van der Waals surface area contributed by atoms with Crippen LogP contribution in [0.4, 0.5) is 18.9 Å². The normalized spacial score (nSPS) is 12.0. The number of alkyl halides is 3. The Labute approximate surface area is 196 Å². The number of halogens is 5. The number of rotatable bonds is 5. The zero-order valence-electron chi connectivity index (χ0n) is 16.9. The van der Waals surface area contributed by atoms with Crippen LogP contribution in [-0.2, 0) is 16.2 Å². The van der Waals surface area contributed by atoms with Gasteiger partial charge in [-0.2, -0.15) is 17.9 Å². The van der Waals surface area contributed by atoms with Crippen LogP contribution in [0.1, 0.15) is 32.9 Å². The van der Waals surface area contributed by atoms with Gasteiger partial charge in [0.1, 0.15) is 5.69 Å². The number of carbonyl (C=O) groups is 1. The number of benzene rings is 1. The van der Waals surface area contributed by atoms with Gasteiger partial charge in [0, 0.05) is 19.2 Å². The van der Waals surface area contributed by atoms with Gasteiger partial charge in [-0.3, -0.25) is 9.52 Å². The summed E-state index contributed by atoms with van der Waals surface area (Å²) in [6.45, 7) is 2.98. The Morgan fingerprint density at radius 2 is 1.82 bits per heavy atom. The summed E-state index contributed by atoms with van der Waals surface area (Å²) in [4.78, 5) is 16.3. The molecule has 33 heavy (non-hydrogen) atoms. The van der Waals surface area contributed by atoms with Gasteiger partial charge < -0.3 is 5.21 Å². The molecule has 0 saturated carbocycles. The van der Waals surface area contributed by atoms with E-state index >= 15 is 0 Å². The molecule has 3 aromatic rings. The van der Waals surface area contributed by atoms with Crippen LogP contribution in [0.25, 0.3) is 0 Å². The van der Waals surface area contributed by atoms with Crippen molar-refractivity contribution >= 4 is 44.7 Å². The molecule has 13 heteroatoms. The molecule has 0 atom stereocenters. The Balaban J connectivity index is 2.10. The molecule has 3 rings (SSSR count). The van der Waals surface area contributed by atoms with Gasteiger partial charge in [-0.1, -0.05) is 23.2 Å². The minimum Gasteiger partial charge on any atom is -0.618 e. The first-order valence-corrected chi connectivity index (χ1v) is 11.3. The summed E-state index contributed by atoms with van der Waals surface area (Å²) in [7, 11) is -4.62. The summed E-state index contributed by atoms with van der Waals surface area (Å²) >= 11 is 11.5. The third-order valence-corrected chi connectivity index (χ3v) is 6.54. The molecule has 2 aromatic heterocycles. The Morgan fingerprint density at radius 1 is 1.15 bits per heavy atom. The van der Waals surface area contributed by atoms with Crippen molar-refractivity contribution in [3.8, 4) is 0 Å². The number of pyridine rings is 2. The Bertz CT molecular complexity index is 1380. The summed E-state index contributed by atoms with van der Waals surface area (Å²) < 4.78 is 67.7. The van der Waals surface area contributed by atoms with Crippen LogP contribution >= 0.6 is 23.2 Å². The van der Waals surface area contributed by atoms with E-state index in [0.29, 0.717) is 16.4 Å². The highest BCUT2D eigenvalue weighted by Crippen LogP contribution is 2.36. The molecule has 1 aromatic carbocycles. The maximum Gasteiger partial charge on any atom is 0.417 e. The zero-order valence-corrected chi connectivity index (χ0v) is 19.2. The maximum atomic E-state index is 13.2. The second-order valence-electron chi connectivity index (χ2n) is 6.91. The van der Waals surface area contributed by atoms with Crippen LogP contribution in [0.3, 0.4) is 0 Å². The standard InChI is InChI=1S/C20H14Cl2F3N3O4S/c1-10-5-6-28(30)11(2)17(10)19(29)18-16(7-12(21)9-26-18)27-33(31,32)13-3-4-15(22)14(8-13)20(23,24)25/h3-9,27H,1-2H3. The minimum atomic E-state index is -4.89. The number of ketones is 1. The molecule has 0 radical (unpaired) electrons. The van der Waals surface area contributed by atoms with E-state index in [1.54, 1.807) is 6.92 Å². The van der Waals surface area contributed by atoms with E-state index in [2.05, 4.69) is 9.71 Å². The van der Waals surface area contributed by atoms with Gasteiger partial charge in [0.2, 0.25) is 11.5 Å². The summed E-state index contributed by atoms with van der Waals surface area (Å²) in [5, 5.41) is 11.2. The second kappa shape index (κ2) is 8.81. The van der Waals surface area contributed by atoms with Crippen molar-refractivity contribution in [2.75, 3.05) is 4.72 Å². The van der Waals surface area contributed by atoms with Crippen molar-refractivity contribution < 1.29 is 31.1 Å². The minimum absolute atomic E-state index is 0.00591. The second-order valence-corrected chi connectivity index (χ2v) is 9.43. The van der Waals surface area contributed by atoms with Gasteiger partial charge in [0.05, 0.1) is 31.8 Å². The molecule has 7 nitrogen and oxygen atoms in total. The van der Waals surface area contributed by atoms with E-state index in [1.807, 2.05) is 0 Å². The Kier molecular flexibility index (Phi) is 6.60. The molecule has 1 N–H and O–H groups in total. The molecule has 2 heterocycles. The fraction of sp³-hybridized carbons (Fsp3) is 0.150. The lowest BCUT2D eigenvalue weighted by molar-refractivity contribution is -0.612. The molecule has 0 unspecified atom stereocenters. The molecule has 0 amide bonds. The summed E-state index contributed by atoms with van der Waals surface area (Å²) in [5.74, 6) is -0.781. The van der Waals surface area contributed by atoms with Gasteiger partial charge in [-0.25, -0.2) is 13.4 Å². The quantitative estimate of drug-likeness (QED) is 0.299. The van der Waals surface area contributed by atoms with Crippen LogP contribution in [0, 0.1) is 19.1 Å². The summed E-state index contributed by atoms with van der Waals surface area (Å²) in [5.41, 5.74) is -1.64. The van der Waals surface area contributed by atoms with Crippen LogP contribution in [0.5, 0.6) is 0 Å². The first-order valence-electron chi connectivity index (χ1n) is 9.01. The molecule has 0 spiro atoms. The van der Waals surface area contributed by atoms with E-state index in [0.717, 1.165) is 24.4 Å². The average Bonchev–Trinajstić information content (AvgIpc) is 2.70. The van der Waals surface area contributed by atoms with Crippen LogP contribution in [0.2, 0.25) is 10.0 Å². The number of sulfonamides is 1. The van der Waals surface area contributed by atoms with Crippen LogP contribution in [-0.4, -0.2) is 19.2 Å². The number of aryl methyl sites for hydroxylation is 1. The van der Waals surface area contributed by atoms with E-state index in [1.165, 1.54) is 19.2 Å². The lowest BCUT2D eigenvalue weighted by Crippen LogP contribution is -2.32. The van der Waals surface area contributed by atoms with Crippen molar-refractivity contribution in [1.29, 1.82) is 0 Å². The van der Waals surface area contributed by atoms with Crippen LogP contribution < -0.4 is 9.45 Å². The van der Waals surface area contributed by atoms with Gasteiger partial charge in [-0.05, 0) is 36.8 Å². The maximum absolute atomic E-state index is 13.2. The monoisotopic (exact) mass is 519 g/mol. The van der Waals surface area contributed by atoms with E-state index in [9.17, 15) is 31.6 Å². The van der Waals surface area contributed by atoms with Crippen molar-refractivity contribution in [3.05, 3.63) is 86.1 Å². The molecular weight excluding hydrogens is 506 g/mol. The largest absolute Gasteiger partial charge is 0.618 e. The van der Waals surface area contributed by atoms with Gasteiger partial charge >= 0.3 is 6.18 Å². The Morgan fingerprint density at radius 3 is 2.45 bits per heavy atom. The van der Waals surface area contributed by atoms with Gasteiger partial charge in [0.25, 0.3) is 10.0 Å². The molecule has 0 saturated heterocycles. The highest BCUT2D eigenvalue weighted by molar-refractivity contribution is 7.92. The number of aromatic nitrogens is 2. The SMILES string of the molecule is Cc1cc[n+]([O-])c(C)c1C(=O)c1ncc(Cl)cc1NS(=O)(=O)c1ccc(Cl)c(C(F)(F)F)c1. The van der Waals surface area contributed by atoms with Crippen molar-refractivity contribution in [2.45, 2.75) is 24.9 Å². The molecule has 0 bridgehead atoms. The lowest BCUT2D eigenvalue weighted by Gasteiger charge is -2.15. The third kappa shape index (κ3) is 5.05. The highest BCUT2D eigenvalue weighted by atomic mass is 35.5. The van der Waals surface area contributed by atoms with Crippen molar-refractivity contribution in [3.63, 3.8) is 0 Å². The highest BCUT2D eigenvalue weighted by Gasteiger charge is 2.35. The third-order valence-electron chi connectivity index (χ3n) is 4.64. The fourth-order valence-electron chi connectivity index (χ4n) is 3.02. The van der Waals surface area contributed by atoms with Crippen molar-refractivity contribution in [1.82, 2.24) is 4.98 Å². The first kappa shape index (κ1) is 24.7. The number of nitrogens with zero attached hydrogens (tertiary/aromatic N) is 2. The summed E-state index contributed by atoms with van der Waals surface area (Å²) in [6.07, 6.45) is -2.59. The zero-order chi connectivity index (χ0) is 24.7. The Hall–Kier alpha value is -2.89. The molecule has 0 aliphatic heterocycles. The van der Waals surface area contributed by atoms with E-state index < -0.39 is 43.2 Å². The smallest absolute Gasteiger partial charge is 0.417 e. The first-order chi connectivity index (χ1) is 15.2. The fourth-order valence-corrected chi connectivity index (χ4v) is 4.49. The van der Waals surface area contributed by atoms with E-state index in [-0.39, 0.29) is 22.0 Å². The number of hydrogen-bond donors (Lipinski definition) is 1. The number of anilines is 1. The van der Waals surface area contributed by atoms with Gasteiger partial charge in [0.15, 0.2) is 6.20 Å². The number of nitrogens with one attached hydrogen (secondary N) is 1. The average molecular weight is 520 g/mol. The topological polar surface area (TPSA) is 103 Å². The predicted octanol–water partition coefficient (Wildman–Crippen LogP) is 4.69. The molecule has 0 aliphatic carbocycles. The summed E-state index contributed by atoms with van der Waals surface area (Å²) in [6, 6.07) is 4.53.